The van der Waals surface area contributed by atoms with Gasteiger partial charge >= 0.3 is 5.97 Å². The second kappa shape index (κ2) is 7.91. The third-order valence-electron chi connectivity index (χ3n) is 3.27. The van der Waals surface area contributed by atoms with Crippen LogP contribution in [0.15, 0.2) is 21.1 Å². The van der Waals surface area contributed by atoms with E-state index in [4.69, 9.17) is 10.5 Å². The van der Waals surface area contributed by atoms with Crippen LogP contribution in [0.25, 0.3) is 0 Å². The van der Waals surface area contributed by atoms with Crippen molar-refractivity contribution in [3.05, 3.63) is 26.6 Å². The number of nitrogens with one attached hydrogen (secondary N) is 1. The van der Waals surface area contributed by atoms with Crippen molar-refractivity contribution in [2.24, 2.45) is 11.7 Å². The molecule has 1 aromatic carbocycles. The van der Waals surface area contributed by atoms with Crippen LogP contribution in [-0.4, -0.2) is 25.0 Å². The number of methoxy groups -OCH3 is 1. The van der Waals surface area contributed by atoms with Crippen LogP contribution in [0.4, 0.5) is 5.69 Å². The van der Waals surface area contributed by atoms with Crippen molar-refractivity contribution < 1.29 is 14.3 Å². The van der Waals surface area contributed by atoms with Gasteiger partial charge in [-0.2, -0.15) is 0 Å². The molecule has 0 aliphatic carbocycles. The Bertz CT molecular complexity index is 549. The monoisotopic (exact) mass is 420 g/mol. The fourth-order valence-electron chi connectivity index (χ4n) is 1.69. The minimum absolute atomic E-state index is 0.0424. The van der Waals surface area contributed by atoms with Crippen molar-refractivity contribution in [1.29, 1.82) is 0 Å². The van der Waals surface area contributed by atoms with E-state index in [0.29, 0.717) is 14.6 Å². The molecule has 1 aromatic rings. The summed E-state index contributed by atoms with van der Waals surface area (Å²) in [7, 11) is 1.29. The van der Waals surface area contributed by atoms with E-state index in [1.807, 2.05) is 13.8 Å². The molecule has 0 aliphatic rings. The average Bonchev–Trinajstić information content (AvgIpc) is 2.46. The van der Waals surface area contributed by atoms with Gasteiger partial charge in [-0.05, 0) is 34.0 Å². The van der Waals surface area contributed by atoms with Gasteiger partial charge in [-0.1, -0.05) is 36.2 Å². The maximum atomic E-state index is 12.2. The summed E-state index contributed by atoms with van der Waals surface area (Å²) in [5.41, 5.74) is 6.51. The highest BCUT2D eigenvalue weighted by molar-refractivity contribution is 9.11. The summed E-state index contributed by atoms with van der Waals surface area (Å²) in [6.07, 6.45) is 0.792. The molecule has 7 heteroatoms. The number of amides is 1. The Morgan fingerprint density at radius 3 is 2.52 bits per heavy atom. The molecule has 116 valence electrons. The van der Waals surface area contributed by atoms with Crippen LogP contribution in [0.2, 0.25) is 0 Å². The zero-order chi connectivity index (χ0) is 16.2. The number of rotatable bonds is 5. The van der Waals surface area contributed by atoms with E-state index in [9.17, 15) is 9.59 Å². The van der Waals surface area contributed by atoms with Crippen molar-refractivity contribution in [1.82, 2.24) is 0 Å². The van der Waals surface area contributed by atoms with Gasteiger partial charge in [0.2, 0.25) is 5.91 Å². The van der Waals surface area contributed by atoms with Crippen LogP contribution in [0, 0.1) is 5.92 Å². The molecule has 21 heavy (non-hydrogen) atoms. The van der Waals surface area contributed by atoms with E-state index < -0.39 is 12.0 Å². The lowest BCUT2D eigenvalue weighted by molar-refractivity contribution is -0.118. The number of halogens is 2. The highest BCUT2D eigenvalue weighted by Gasteiger charge is 2.23. The summed E-state index contributed by atoms with van der Waals surface area (Å²) in [5.74, 6) is -0.831. The Morgan fingerprint density at radius 1 is 1.38 bits per heavy atom. The van der Waals surface area contributed by atoms with Gasteiger partial charge < -0.3 is 15.8 Å². The normalized spacial score (nSPS) is 13.4. The minimum Gasteiger partial charge on any atom is -0.465 e. The van der Waals surface area contributed by atoms with E-state index in [1.54, 1.807) is 12.1 Å². The quantitative estimate of drug-likeness (QED) is 0.714. The van der Waals surface area contributed by atoms with Crippen LogP contribution in [0.5, 0.6) is 0 Å². The molecular weight excluding hydrogens is 404 g/mol. The Balaban J connectivity index is 3.13. The van der Waals surface area contributed by atoms with Crippen LogP contribution < -0.4 is 11.1 Å². The SMILES string of the molecule is CC[C@H](C)[C@H](N)C(=O)Nc1c(Br)cc(Br)cc1C(=O)OC. The maximum Gasteiger partial charge on any atom is 0.340 e. The maximum absolute atomic E-state index is 12.2. The summed E-state index contributed by atoms with van der Waals surface area (Å²) >= 11 is 6.63. The first kappa shape index (κ1) is 18.1. The van der Waals surface area contributed by atoms with Crippen LogP contribution in [-0.2, 0) is 9.53 Å². The molecule has 0 spiro atoms. The van der Waals surface area contributed by atoms with Crippen molar-refractivity contribution in [2.75, 3.05) is 12.4 Å². The van der Waals surface area contributed by atoms with Gasteiger partial charge in [-0.15, -0.1) is 0 Å². The Labute approximate surface area is 140 Å². The highest BCUT2D eigenvalue weighted by Crippen LogP contribution is 2.31. The third-order valence-corrected chi connectivity index (χ3v) is 4.35. The first-order chi connectivity index (χ1) is 9.81. The molecule has 0 aromatic heterocycles. The fourth-order valence-corrected chi connectivity index (χ4v) is 3.01. The van der Waals surface area contributed by atoms with E-state index >= 15 is 0 Å². The van der Waals surface area contributed by atoms with Gasteiger partial charge in [0, 0.05) is 8.95 Å². The number of ether oxygens (including phenoxy) is 1. The minimum atomic E-state index is -0.643. The molecule has 0 saturated carbocycles. The Kier molecular flexibility index (Phi) is 6.83. The van der Waals surface area contributed by atoms with Crippen molar-refractivity contribution in [3.8, 4) is 0 Å². The number of nitrogens with two attached hydrogens (primary N) is 1. The van der Waals surface area contributed by atoms with Crippen molar-refractivity contribution in [2.45, 2.75) is 26.3 Å². The lowest BCUT2D eigenvalue weighted by Crippen LogP contribution is -2.41. The number of carbonyl (C=O) groups is 2. The zero-order valence-electron chi connectivity index (χ0n) is 12.1. The molecule has 2 atom stereocenters. The van der Waals surface area contributed by atoms with Gasteiger partial charge in [-0.25, -0.2) is 4.79 Å². The van der Waals surface area contributed by atoms with Crippen molar-refractivity contribution in [3.63, 3.8) is 0 Å². The standard InChI is InChI=1S/C14H18Br2N2O3/c1-4-7(2)11(17)13(19)18-12-9(14(20)21-3)5-8(15)6-10(12)16/h5-7,11H,4,17H2,1-3H3,(H,18,19)/t7-,11-/m0/s1. The van der Waals surface area contributed by atoms with Gasteiger partial charge in [0.25, 0.3) is 0 Å². The molecule has 0 fully saturated rings. The van der Waals surface area contributed by atoms with Gasteiger partial charge in [0.15, 0.2) is 0 Å². The first-order valence-electron chi connectivity index (χ1n) is 6.45. The van der Waals surface area contributed by atoms with Crippen LogP contribution in [0.3, 0.4) is 0 Å². The molecule has 0 heterocycles. The van der Waals surface area contributed by atoms with E-state index in [2.05, 4.69) is 37.2 Å². The second-order valence-electron chi connectivity index (χ2n) is 4.70. The number of carbonyl (C=O) groups excluding carboxylic acids is 2. The second-order valence-corrected chi connectivity index (χ2v) is 6.47. The van der Waals surface area contributed by atoms with Gasteiger partial charge in [-0.3, -0.25) is 4.79 Å². The predicted molar refractivity (Wildman–Crippen MR) is 89.2 cm³/mol. The topological polar surface area (TPSA) is 81.4 Å². The van der Waals surface area contributed by atoms with Gasteiger partial charge in [0.05, 0.1) is 24.4 Å². The van der Waals surface area contributed by atoms with Crippen LogP contribution in [0.1, 0.15) is 30.6 Å². The number of hydrogen-bond donors (Lipinski definition) is 2. The Morgan fingerprint density at radius 2 is 2.00 bits per heavy atom. The molecule has 0 saturated heterocycles. The number of esters is 1. The number of benzene rings is 1. The first-order valence-corrected chi connectivity index (χ1v) is 8.04. The smallest absolute Gasteiger partial charge is 0.340 e. The zero-order valence-corrected chi connectivity index (χ0v) is 15.2. The molecule has 1 rings (SSSR count). The molecule has 3 N–H and O–H groups in total. The predicted octanol–water partition coefficient (Wildman–Crippen LogP) is 3.31. The van der Waals surface area contributed by atoms with Crippen molar-refractivity contribution >= 4 is 49.4 Å². The Hall–Kier alpha value is -0.920. The molecule has 1 amide bonds. The lowest BCUT2D eigenvalue weighted by Gasteiger charge is -2.19. The van der Waals surface area contributed by atoms with E-state index in [-0.39, 0.29) is 17.4 Å². The summed E-state index contributed by atoms with van der Waals surface area (Å²) in [6.45, 7) is 3.87. The van der Waals surface area contributed by atoms with E-state index in [1.165, 1.54) is 7.11 Å². The van der Waals surface area contributed by atoms with Crippen LogP contribution >= 0.6 is 31.9 Å². The third kappa shape index (κ3) is 4.52. The molecule has 5 nitrogen and oxygen atoms in total. The summed E-state index contributed by atoms with van der Waals surface area (Å²) < 4.78 is 6.00. The fraction of sp³-hybridized carbons (Fsp3) is 0.429. The van der Waals surface area contributed by atoms with Gasteiger partial charge in [0.1, 0.15) is 0 Å². The molecular formula is C14H18Br2N2O3. The molecule has 0 unspecified atom stereocenters. The molecule has 0 aliphatic heterocycles. The average molecular weight is 422 g/mol. The summed E-state index contributed by atoms with van der Waals surface area (Å²) in [6, 6.07) is 2.67. The number of hydrogen-bond acceptors (Lipinski definition) is 4. The highest BCUT2D eigenvalue weighted by atomic mass is 79.9. The largest absolute Gasteiger partial charge is 0.465 e. The summed E-state index contributed by atoms with van der Waals surface area (Å²) in [4.78, 5) is 24.0. The molecule has 0 radical (unpaired) electrons. The molecule has 0 bridgehead atoms. The lowest BCUT2D eigenvalue weighted by atomic mass is 9.99. The van der Waals surface area contributed by atoms with E-state index in [0.717, 1.165) is 6.42 Å². The number of anilines is 1. The summed E-state index contributed by atoms with van der Waals surface area (Å²) in [5, 5.41) is 2.70.